The molecule has 1 aromatic carbocycles. The van der Waals surface area contributed by atoms with Crippen molar-refractivity contribution in [2.45, 2.75) is 44.2 Å². The Morgan fingerprint density at radius 1 is 1.09 bits per heavy atom. The Bertz CT molecular complexity index is 621. The molecule has 1 N–H and O–H groups in total. The molecule has 2 saturated heterocycles. The van der Waals surface area contributed by atoms with Crippen molar-refractivity contribution < 1.29 is 18.4 Å². The fourth-order valence-electron chi connectivity index (χ4n) is 3.36. The smallest absolute Gasteiger partial charge is 0.223 e. The van der Waals surface area contributed by atoms with Crippen LogP contribution in [0.2, 0.25) is 0 Å². The monoisotopic (exact) mass is 322 g/mol. The van der Waals surface area contributed by atoms with E-state index in [1.165, 1.54) is 12.5 Å². The van der Waals surface area contributed by atoms with Crippen molar-refractivity contribution >= 4 is 11.7 Å². The molecule has 1 amide bonds. The Kier molecular flexibility index (Phi) is 4.71. The highest BCUT2D eigenvalue weighted by Gasteiger charge is 2.31. The van der Waals surface area contributed by atoms with E-state index in [1.54, 1.807) is 0 Å². The Hall–Kier alpha value is -1.82. The molecule has 6 heteroatoms. The lowest BCUT2D eigenvalue weighted by Gasteiger charge is -2.24. The van der Waals surface area contributed by atoms with E-state index in [0.717, 1.165) is 25.0 Å². The van der Waals surface area contributed by atoms with Crippen LogP contribution < -0.4 is 5.32 Å². The molecule has 23 heavy (non-hydrogen) atoms. The predicted octanol–water partition coefficient (Wildman–Crippen LogP) is 2.28. The molecular weight excluding hydrogens is 302 g/mol. The Balaban J connectivity index is 1.54. The number of halogens is 2. The molecule has 3 rings (SSSR count). The van der Waals surface area contributed by atoms with Crippen molar-refractivity contribution in [1.82, 2.24) is 10.2 Å². The highest BCUT2D eigenvalue weighted by molar-refractivity contribution is 5.97. The van der Waals surface area contributed by atoms with Gasteiger partial charge in [0.05, 0.1) is 0 Å². The summed E-state index contributed by atoms with van der Waals surface area (Å²) in [4.78, 5) is 26.1. The molecule has 2 fully saturated rings. The molecule has 2 heterocycles. The van der Waals surface area contributed by atoms with Gasteiger partial charge in [0.15, 0.2) is 17.4 Å². The minimum Gasteiger partial charge on any atom is -0.341 e. The van der Waals surface area contributed by atoms with Crippen molar-refractivity contribution in [3.63, 3.8) is 0 Å². The number of amides is 1. The maximum absolute atomic E-state index is 13.2. The summed E-state index contributed by atoms with van der Waals surface area (Å²) in [6.07, 6.45) is 3.32. The number of carbonyl (C=O) groups excluding carboxylic acids is 2. The van der Waals surface area contributed by atoms with Gasteiger partial charge in [0.2, 0.25) is 5.91 Å². The quantitative estimate of drug-likeness (QED) is 0.865. The minimum atomic E-state index is -1.04. The summed E-state index contributed by atoms with van der Waals surface area (Å²) in [5.41, 5.74) is 0.105. The third kappa shape index (κ3) is 3.75. The standard InChI is InChI=1S/C17H20F2N2O2/c18-14-4-1-11(9-15(14)19)16(22)5-6-17(23)21-8-7-12-2-3-13(10-21)20-12/h1,4,9,12-13,20H,2-3,5-8,10H2. The molecule has 0 radical (unpaired) electrons. The number of rotatable bonds is 4. The summed E-state index contributed by atoms with van der Waals surface area (Å²) in [6.45, 7) is 1.40. The molecule has 0 aliphatic carbocycles. The van der Waals surface area contributed by atoms with Crippen molar-refractivity contribution in [2.75, 3.05) is 13.1 Å². The van der Waals surface area contributed by atoms with Crippen LogP contribution in [0, 0.1) is 11.6 Å². The first-order valence-electron chi connectivity index (χ1n) is 8.05. The summed E-state index contributed by atoms with van der Waals surface area (Å²) >= 11 is 0. The lowest BCUT2D eigenvalue weighted by atomic mass is 10.0. The predicted molar refractivity (Wildman–Crippen MR) is 81.1 cm³/mol. The van der Waals surface area contributed by atoms with Crippen LogP contribution in [0.3, 0.4) is 0 Å². The van der Waals surface area contributed by atoms with Gasteiger partial charge in [-0.05, 0) is 37.5 Å². The number of ketones is 1. The lowest BCUT2D eigenvalue weighted by molar-refractivity contribution is -0.131. The average molecular weight is 322 g/mol. The zero-order valence-electron chi connectivity index (χ0n) is 12.9. The largest absolute Gasteiger partial charge is 0.341 e. The fraction of sp³-hybridized carbons (Fsp3) is 0.529. The van der Waals surface area contributed by atoms with Crippen LogP contribution >= 0.6 is 0 Å². The van der Waals surface area contributed by atoms with Gasteiger partial charge in [-0.3, -0.25) is 9.59 Å². The van der Waals surface area contributed by atoms with Gasteiger partial charge < -0.3 is 10.2 Å². The number of carbonyl (C=O) groups is 2. The van der Waals surface area contributed by atoms with Gasteiger partial charge in [0.25, 0.3) is 0 Å². The number of nitrogens with zero attached hydrogens (tertiary/aromatic N) is 1. The summed E-state index contributed by atoms with van der Waals surface area (Å²) in [5.74, 6) is -2.41. The van der Waals surface area contributed by atoms with Crippen LogP contribution in [0.25, 0.3) is 0 Å². The summed E-state index contributed by atoms with van der Waals surface area (Å²) in [5, 5.41) is 3.50. The Morgan fingerprint density at radius 2 is 1.87 bits per heavy atom. The normalized spacial score (nSPS) is 23.7. The van der Waals surface area contributed by atoms with Crippen LogP contribution in [0.1, 0.15) is 42.5 Å². The van der Waals surface area contributed by atoms with Gasteiger partial charge in [-0.15, -0.1) is 0 Å². The number of Topliss-reactive ketones (excluding diaryl/α,β-unsaturated/α-hetero) is 1. The fourth-order valence-corrected chi connectivity index (χ4v) is 3.36. The third-order valence-corrected chi connectivity index (χ3v) is 4.68. The number of likely N-dealkylation sites (tertiary alicyclic amines) is 1. The van der Waals surface area contributed by atoms with Crippen LogP contribution in [0.15, 0.2) is 18.2 Å². The van der Waals surface area contributed by atoms with E-state index in [1.807, 2.05) is 4.90 Å². The van der Waals surface area contributed by atoms with E-state index in [-0.39, 0.29) is 30.1 Å². The van der Waals surface area contributed by atoms with Crippen LogP contribution in [0.5, 0.6) is 0 Å². The number of nitrogens with one attached hydrogen (secondary N) is 1. The minimum absolute atomic E-state index is 0.0158. The van der Waals surface area contributed by atoms with Crippen LogP contribution in [0.4, 0.5) is 8.78 Å². The second-order valence-electron chi connectivity index (χ2n) is 6.32. The van der Waals surface area contributed by atoms with Crippen molar-refractivity contribution in [2.24, 2.45) is 0 Å². The molecule has 2 bridgehead atoms. The molecule has 124 valence electrons. The van der Waals surface area contributed by atoms with E-state index in [4.69, 9.17) is 0 Å². The molecule has 0 saturated carbocycles. The number of hydrogen-bond donors (Lipinski definition) is 1. The van der Waals surface area contributed by atoms with Crippen LogP contribution in [-0.2, 0) is 4.79 Å². The number of benzene rings is 1. The van der Waals surface area contributed by atoms with E-state index >= 15 is 0 Å². The Morgan fingerprint density at radius 3 is 2.65 bits per heavy atom. The SMILES string of the molecule is O=C(CCC(=O)N1CCC2CCC(C1)N2)c1ccc(F)c(F)c1. The van der Waals surface area contributed by atoms with Crippen molar-refractivity contribution in [3.8, 4) is 0 Å². The molecule has 2 atom stereocenters. The van der Waals surface area contributed by atoms with Crippen LogP contribution in [-0.4, -0.2) is 41.8 Å². The molecule has 0 aromatic heterocycles. The molecule has 0 spiro atoms. The molecule has 2 unspecified atom stereocenters. The highest BCUT2D eigenvalue weighted by atomic mass is 19.2. The number of fused-ring (bicyclic) bond motifs is 2. The van der Waals surface area contributed by atoms with Gasteiger partial charge in [0.1, 0.15) is 0 Å². The van der Waals surface area contributed by atoms with Gasteiger partial charge in [-0.2, -0.15) is 0 Å². The summed E-state index contributed by atoms with van der Waals surface area (Å²) < 4.78 is 26.0. The molecule has 1 aromatic rings. The second-order valence-corrected chi connectivity index (χ2v) is 6.32. The maximum Gasteiger partial charge on any atom is 0.223 e. The molecule has 4 nitrogen and oxygen atoms in total. The van der Waals surface area contributed by atoms with E-state index in [2.05, 4.69) is 5.32 Å². The van der Waals surface area contributed by atoms with Crippen molar-refractivity contribution in [1.29, 1.82) is 0 Å². The Labute approximate surface area is 133 Å². The maximum atomic E-state index is 13.2. The summed E-state index contributed by atoms with van der Waals surface area (Å²) in [7, 11) is 0. The zero-order valence-corrected chi connectivity index (χ0v) is 12.9. The van der Waals surface area contributed by atoms with Gasteiger partial charge in [0, 0.05) is 43.6 Å². The lowest BCUT2D eigenvalue weighted by Crippen LogP contribution is -2.39. The van der Waals surface area contributed by atoms with E-state index in [9.17, 15) is 18.4 Å². The second kappa shape index (κ2) is 6.74. The van der Waals surface area contributed by atoms with Gasteiger partial charge in [-0.25, -0.2) is 8.78 Å². The first-order valence-corrected chi connectivity index (χ1v) is 8.05. The topological polar surface area (TPSA) is 49.4 Å². The first kappa shape index (κ1) is 16.1. The van der Waals surface area contributed by atoms with Gasteiger partial charge >= 0.3 is 0 Å². The number of hydrogen-bond acceptors (Lipinski definition) is 3. The highest BCUT2D eigenvalue weighted by Crippen LogP contribution is 2.21. The van der Waals surface area contributed by atoms with E-state index < -0.39 is 11.6 Å². The van der Waals surface area contributed by atoms with Gasteiger partial charge in [-0.1, -0.05) is 0 Å². The molecule has 2 aliphatic heterocycles. The molecule has 2 aliphatic rings. The molecular formula is C17H20F2N2O2. The zero-order chi connectivity index (χ0) is 16.4. The first-order chi connectivity index (χ1) is 11.0. The van der Waals surface area contributed by atoms with E-state index in [0.29, 0.717) is 25.2 Å². The average Bonchev–Trinajstić information content (AvgIpc) is 2.86. The summed E-state index contributed by atoms with van der Waals surface area (Å²) in [6, 6.07) is 3.92. The third-order valence-electron chi connectivity index (χ3n) is 4.68. The van der Waals surface area contributed by atoms with Crippen molar-refractivity contribution in [3.05, 3.63) is 35.4 Å².